The molecule has 0 spiro atoms. The van der Waals surface area contributed by atoms with Gasteiger partial charge in [0.2, 0.25) is 17.7 Å². The molecule has 0 saturated carbocycles. The lowest BCUT2D eigenvalue weighted by Crippen LogP contribution is -2.59. The Bertz CT molecular complexity index is 642. The van der Waals surface area contributed by atoms with Gasteiger partial charge >= 0.3 is 5.97 Å². The molecule has 1 heterocycles. The van der Waals surface area contributed by atoms with Crippen molar-refractivity contribution in [3.63, 3.8) is 0 Å². The maximum Gasteiger partial charge on any atom is 0.326 e. The normalized spacial score (nSPS) is 20.1. The third-order valence-electron chi connectivity index (χ3n) is 5.45. The van der Waals surface area contributed by atoms with E-state index < -0.39 is 54.0 Å². The first-order valence-corrected chi connectivity index (χ1v) is 10.8. The Hall–Kier alpha value is -2.24. The van der Waals surface area contributed by atoms with Gasteiger partial charge in [-0.15, -0.1) is 0 Å². The van der Waals surface area contributed by atoms with Crippen molar-refractivity contribution in [3.8, 4) is 0 Å². The quantitative estimate of drug-likeness (QED) is 0.197. The summed E-state index contributed by atoms with van der Waals surface area (Å²) < 4.78 is 0. The zero-order valence-electron chi connectivity index (χ0n) is 18.5. The van der Waals surface area contributed by atoms with Gasteiger partial charge in [0, 0.05) is 6.54 Å². The molecule has 31 heavy (non-hydrogen) atoms. The van der Waals surface area contributed by atoms with Crippen LogP contribution >= 0.6 is 0 Å². The van der Waals surface area contributed by atoms with Crippen molar-refractivity contribution >= 4 is 23.7 Å². The number of nitrogens with zero attached hydrogens (tertiary/aromatic N) is 1. The molecule has 5 atom stereocenters. The molecule has 1 saturated heterocycles. The number of nitrogens with one attached hydrogen (secondary N) is 2. The highest BCUT2D eigenvalue weighted by Gasteiger charge is 2.40. The number of hydrogen-bond acceptors (Lipinski definition) is 7. The predicted octanol–water partition coefficient (Wildman–Crippen LogP) is -1.48. The van der Waals surface area contributed by atoms with Gasteiger partial charge in [0.05, 0.1) is 6.10 Å². The molecule has 11 nitrogen and oxygen atoms in total. The molecule has 178 valence electrons. The molecular formula is C20H37N5O6. The van der Waals surface area contributed by atoms with Crippen molar-refractivity contribution < 1.29 is 29.4 Å². The van der Waals surface area contributed by atoms with Crippen molar-refractivity contribution in [1.29, 1.82) is 0 Å². The minimum absolute atomic E-state index is 0.251. The van der Waals surface area contributed by atoms with Crippen LogP contribution in [0.5, 0.6) is 0 Å². The Labute approximate surface area is 182 Å². The maximum atomic E-state index is 13.2. The lowest BCUT2D eigenvalue weighted by molar-refractivity contribution is -0.145. The van der Waals surface area contributed by atoms with E-state index >= 15 is 0 Å². The van der Waals surface area contributed by atoms with Crippen LogP contribution in [0.15, 0.2) is 0 Å². The van der Waals surface area contributed by atoms with Gasteiger partial charge in [-0.05, 0) is 51.5 Å². The summed E-state index contributed by atoms with van der Waals surface area (Å²) in [6.07, 6.45) is 1.37. The number of rotatable bonds is 12. The van der Waals surface area contributed by atoms with E-state index in [1.807, 2.05) is 0 Å². The Balaban J connectivity index is 2.88. The van der Waals surface area contributed by atoms with E-state index in [-0.39, 0.29) is 12.3 Å². The van der Waals surface area contributed by atoms with Crippen LogP contribution in [-0.2, 0) is 19.2 Å². The fraction of sp³-hybridized carbons (Fsp3) is 0.800. The van der Waals surface area contributed by atoms with Crippen LogP contribution in [0.25, 0.3) is 0 Å². The zero-order valence-corrected chi connectivity index (χ0v) is 18.5. The predicted molar refractivity (Wildman–Crippen MR) is 114 cm³/mol. The molecule has 1 aliphatic rings. The molecule has 1 aliphatic heterocycles. The molecule has 0 aromatic heterocycles. The lowest BCUT2D eigenvalue weighted by atomic mass is 10.0. The van der Waals surface area contributed by atoms with E-state index in [0.717, 1.165) is 0 Å². The molecule has 1 fully saturated rings. The van der Waals surface area contributed by atoms with Crippen molar-refractivity contribution in [2.24, 2.45) is 17.4 Å². The summed E-state index contributed by atoms with van der Waals surface area (Å²) in [5.41, 5.74) is 11.1. The summed E-state index contributed by atoms with van der Waals surface area (Å²) in [5, 5.41) is 24.0. The van der Waals surface area contributed by atoms with Gasteiger partial charge in [0.1, 0.15) is 24.2 Å². The minimum atomic E-state index is -1.18. The van der Waals surface area contributed by atoms with Gasteiger partial charge in [-0.25, -0.2) is 4.79 Å². The summed E-state index contributed by atoms with van der Waals surface area (Å²) >= 11 is 0. The molecule has 8 N–H and O–H groups in total. The van der Waals surface area contributed by atoms with Crippen LogP contribution in [-0.4, -0.2) is 82.2 Å². The van der Waals surface area contributed by atoms with E-state index in [1.54, 1.807) is 13.8 Å². The maximum absolute atomic E-state index is 13.2. The van der Waals surface area contributed by atoms with Gasteiger partial charge < -0.3 is 37.2 Å². The molecule has 1 rings (SSSR count). The van der Waals surface area contributed by atoms with E-state index in [4.69, 9.17) is 11.5 Å². The number of aliphatic hydroxyl groups is 1. The number of carboxylic acids is 1. The standard InChI is InChI=1S/C20H37N5O6/c1-11(2)16(24-18(28)15(22)12(3)26)19(29)25-10-6-8-14(25)17(27)23-13(20(30)31)7-4-5-9-21/h11-16,26H,4-10,21-22H2,1-3H3,(H,23,27)(H,24,28)(H,30,31). The number of carbonyl (C=O) groups is 4. The summed E-state index contributed by atoms with van der Waals surface area (Å²) in [6.45, 7) is 5.64. The lowest BCUT2D eigenvalue weighted by Gasteiger charge is -2.31. The number of carboxylic acid groups (broad SMARTS) is 1. The van der Waals surface area contributed by atoms with E-state index in [1.165, 1.54) is 11.8 Å². The van der Waals surface area contributed by atoms with Gasteiger partial charge in [0.15, 0.2) is 0 Å². The van der Waals surface area contributed by atoms with Gasteiger partial charge in [-0.3, -0.25) is 14.4 Å². The van der Waals surface area contributed by atoms with Crippen LogP contribution < -0.4 is 22.1 Å². The number of nitrogens with two attached hydrogens (primary N) is 2. The minimum Gasteiger partial charge on any atom is -0.480 e. The highest BCUT2D eigenvalue weighted by Crippen LogP contribution is 2.21. The second-order valence-electron chi connectivity index (χ2n) is 8.37. The smallest absolute Gasteiger partial charge is 0.326 e. The van der Waals surface area contributed by atoms with Crippen molar-refractivity contribution in [2.75, 3.05) is 13.1 Å². The van der Waals surface area contributed by atoms with Crippen molar-refractivity contribution in [3.05, 3.63) is 0 Å². The molecule has 0 radical (unpaired) electrons. The number of aliphatic carboxylic acids is 1. The molecule has 0 bridgehead atoms. The van der Waals surface area contributed by atoms with Gasteiger partial charge in [-0.1, -0.05) is 13.8 Å². The topological polar surface area (TPSA) is 188 Å². The van der Waals surface area contributed by atoms with Crippen LogP contribution in [0.3, 0.4) is 0 Å². The number of hydrogen-bond donors (Lipinski definition) is 6. The second-order valence-corrected chi connectivity index (χ2v) is 8.37. The monoisotopic (exact) mass is 443 g/mol. The molecular weight excluding hydrogens is 406 g/mol. The highest BCUT2D eigenvalue weighted by molar-refractivity contribution is 5.94. The number of carbonyl (C=O) groups excluding carboxylic acids is 3. The molecule has 0 aromatic carbocycles. The van der Waals surface area contributed by atoms with Crippen LogP contribution in [0.1, 0.15) is 52.9 Å². The van der Waals surface area contributed by atoms with Crippen molar-refractivity contribution in [2.45, 2.75) is 83.1 Å². The number of aliphatic hydroxyl groups excluding tert-OH is 1. The van der Waals surface area contributed by atoms with Gasteiger partial charge in [0.25, 0.3) is 0 Å². The summed E-state index contributed by atoms with van der Waals surface area (Å²) in [4.78, 5) is 51.1. The van der Waals surface area contributed by atoms with Gasteiger partial charge in [-0.2, -0.15) is 0 Å². The van der Waals surface area contributed by atoms with Crippen LogP contribution in [0.4, 0.5) is 0 Å². The Kier molecular flexibility index (Phi) is 10.9. The molecule has 5 unspecified atom stereocenters. The second kappa shape index (κ2) is 12.6. The largest absolute Gasteiger partial charge is 0.480 e. The fourth-order valence-corrected chi connectivity index (χ4v) is 3.48. The first kappa shape index (κ1) is 26.8. The van der Waals surface area contributed by atoms with E-state index in [2.05, 4.69) is 10.6 Å². The average Bonchev–Trinajstić information content (AvgIpc) is 3.19. The third kappa shape index (κ3) is 7.75. The Morgan fingerprint density at radius 1 is 1.13 bits per heavy atom. The number of likely N-dealkylation sites (tertiary alicyclic amines) is 1. The fourth-order valence-electron chi connectivity index (χ4n) is 3.48. The van der Waals surface area contributed by atoms with Crippen LogP contribution in [0.2, 0.25) is 0 Å². The third-order valence-corrected chi connectivity index (χ3v) is 5.45. The molecule has 0 aromatic rings. The number of amides is 3. The summed E-state index contributed by atoms with van der Waals surface area (Å²) in [5.74, 6) is -3.05. The zero-order chi connectivity index (χ0) is 23.7. The molecule has 11 heteroatoms. The van der Waals surface area contributed by atoms with E-state index in [0.29, 0.717) is 38.8 Å². The van der Waals surface area contributed by atoms with E-state index in [9.17, 15) is 29.4 Å². The Morgan fingerprint density at radius 2 is 1.77 bits per heavy atom. The SMILES string of the molecule is CC(C)C(NC(=O)C(N)C(C)O)C(=O)N1CCCC1C(=O)NC(CCCCN)C(=O)O. The number of unbranched alkanes of at least 4 members (excludes halogenated alkanes) is 1. The first-order valence-electron chi connectivity index (χ1n) is 10.8. The first-order chi connectivity index (χ1) is 14.5. The summed E-state index contributed by atoms with van der Waals surface area (Å²) in [7, 11) is 0. The van der Waals surface area contributed by atoms with Crippen LogP contribution in [0, 0.1) is 5.92 Å². The average molecular weight is 444 g/mol. The molecule has 3 amide bonds. The Morgan fingerprint density at radius 3 is 2.29 bits per heavy atom. The molecule has 0 aliphatic carbocycles. The summed E-state index contributed by atoms with van der Waals surface area (Å²) in [6, 6.07) is -3.98. The van der Waals surface area contributed by atoms with Crippen molar-refractivity contribution in [1.82, 2.24) is 15.5 Å². The highest BCUT2D eigenvalue weighted by atomic mass is 16.4.